The Hall–Kier alpha value is -12.4. The lowest BCUT2D eigenvalue weighted by Gasteiger charge is -2.15. The normalized spacial score (nSPS) is 24.4. The molecule has 6 N–H and O–H groups in total. The van der Waals surface area contributed by atoms with E-state index in [0.29, 0.717) is 115 Å². The van der Waals surface area contributed by atoms with Gasteiger partial charge in [-0.3, -0.25) is 57.5 Å². The summed E-state index contributed by atoms with van der Waals surface area (Å²) in [6, 6.07) is 11.5. The fourth-order valence-corrected chi connectivity index (χ4v) is 17.9. The Kier molecular flexibility index (Phi) is 32.2. The van der Waals surface area contributed by atoms with Gasteiger partial charge in [0.25, 0.3) is 0 Å². The molecule has 12 heterocycles. The summed E-state index contributed by atoms with van der Waals surface area (Å²) in [6.45, 7) is 29.6. The number of aryl methyl sites for hydroxylation is 6. The van der Waals surface area contributed by atoms with Gasteiger partial charge in [0, 0.05) is 37.2 Å². The van der Waals surface area contributed by atoms with E-state index >= 15 is 0 Å². The maximum atomic E-state index is 14.1. The van der Waals surface area contributed by atoms with Crippen molar-refractivity contribution in [1.29, 1.82) is 0 Å². The number of carbonyl (C=O) groups is 12. The Morgan fingerprint density at radius 3 is 0.808 bits per heavy atom. The van der Waals surface area contributed by atoms with E-state index < -0.39 is 11.8 Å². The van der Waals surface area contributed by atoms with Gasteiger partial charge in [-0.05, 0) is 260 Å². The SMILES string of the molecule is C.C.C.CCC[C@H]1C[C@@H]1c1cc(C2=CNC(=O)CC2=O)nnc1C.CC[C@H]1C[C@@H]1c1cc(C2=CNC(=O)CC2=O)nnc1C.Cc1nnc(C2=CNC(=O)CC2=O)cc1[C@H]1C[C@@H]1C(C)(C)F.Cc1nnc(C2=CNC(=O)CC2=O)cc1[C@H]1C[C@@H]1C(C)C.Cc1nnc(C2=CNC(=O)CC2=O)cc1[C@H]1C[C@@H]1C(C)F.Cc1nnc(C2=CNC(=O)CC2=O)cc1[C@H]1C[C@@H]1CC(C)C. The van der Waals surface area contributed by atoms with E-state index in [0.717, 1.165) is 70.0 Å². The number of halogens is 2. The molecule has 13 atom stereocenters. The molecule has 0 bridgehead atoms. The van der Waals surface area contributed by atoms with E-state index in [4.69, 9.17) is 0 Å². The van der Waals surface area contributed by atoms with Gasteiger partial charge in [-0.25, -0.2) is 8.78 Å². The van der Waals surface area contributed by atoms with Gasteiger partial charge in [-0.2, -0.15) is 61.2 Å². The number of rotatable bonds is 20. The number of ketones is 6. The quantitative estimate of drug-likeness (QED) is 0.0387. The molecule has 32 heteroatoms. The number of carbonyl (C=O) groups excluding carboxylic acids is 12. The van der Waals surface area contributed by atoms with Crippen LogP contribution in [0.2, 0.25) is 0 Å². The second-order valence-corrected chi connectivity index (χ2v) is 36.6. The highest BCUT2D eigenvalue weighted by atomic mass is 19.1. The number of hydrogen-bond acceptors (Lipinski definition) is 24. The van der Waals surface area contributed by atoms with E-state index in [1.807, 2.05) is 65.8 Å². The third kappa shape index (κ3) is 24.2. The van der Waals surface area contributed by atoms with Crippen molar-refractivity contribution in [3.63, 3.8) is 0 Å². The molecule has 0 saturated heterocycles. The van der Waals surface area contributed by atoms with Crippen LogP contribution in [0, 0.1) is 88.9 Å². The summed E-state index contributed by atoms with van der Waals surface area (Å²) in [5.74, 6) is 3.58. The van der Waals surface area contributed by atoms with E-state index in [9.17, 15) is 66.3 Å². The molecule has 12 aliphatic rings. The van der Waals surface area contributed by atoms with Crippen LogP contribution >= 0.6 is 0 Å². The topological polar surface area (TPSA) is 432 Å². The lowest BCUT2D eigenvalue weighted by molar-refractivity contribution is -0.127. The lowest BCUT2D eigenvalue weighted by Crippen LogP contribution is -2.27. The van der Waals surface area contributed by atoms with Crippen LogP contribution in [0.4, 0.5) is 8.78 Å². The Balaban J connectivity index is 0.000000161. The van der Waals surface area contributed by atoms with Gasteiger partial charge in [0.05, 0.1) is 140 Å². The lowest BCUT2D eigenvalue weighted by atomic mass is 9.97. The monoisotopic (exact) mass is 1780 g/mol. The molecule has 6 aromatic heterocycles. The second-order valence-electron chi connectivity index (χ2n) is 36.6. The van der Waals surface area contributed by atoms with Gasteiger partial charge in [0.15, 0.2) is 34.7 Å². The smallest absolute Gasteiger partial charge is 0.231 e. The van der Waals surface area contributed by atoms with Gasteiger partial charge >= 0.3 is 0 Å². The van der Waals surface area contributed by atoms with E-state index in [1.165, 1.54) is 111 Å². The third-order valence-electron chi connectivity index (χ3n) is 25.7. The van der Waals surface area contributed by atoms with Gasteiger partial charge in [-0.15, -0.1) is 0 Å². The molecule has 6 saturated carbocycles. The third-order valence-corrected chi connectivity index (χ3v) is 25.7. The van der Waals surface area contributed by atoms with Crippen LogP contribution in [0.15, 0.2) is 73.6 Å². The summed E-state index contributed by atoms with van der Waals surface area (Å²) < 4.78 is 27.4. The van der Waals surface area contributed by atoms with Crippen LogP contribution in [0.3, 0.4) is 0 Å². The summed E-state index contributed by atoms with van der Waals surface area (Å²) in [5, 5.41) is 65.0. The standard InChI is InChI=1S/C17H21N3O2.C16H18FN3O2.2C16H19N3O2.C15H16FN3O2.C15H17N3O2.3CH4/c1-9(2)4-11-5-13(11)12-6-15(20-19-10(12)3)14-8-18-17(22)7-16(14)21;1-8-9(10-4-12(10)16(2,3)17)5-13(20-19-8)11-7-18-15(22)6-14(11)21;1-8(2)10-4-12(10)11-5-14(19-18-9(11)3)13-7-17-16(21)6-15(13)20;1-3-4-10-5-12(10)11-6-14(19-18-9(11)2)13-8-17-16(21)7-15(13)20;1-7(16)9-3-11(9)10-4-13(19-18-8(10)2)12-6-17-15(21)5-14(12)20;1-3-9-4-11(9)10-5-13(18-17-8(10)2)12-7-16-15(20)6-14(12)19;;;/h6,8-9,11,13H,4-5,7H2,1-3H3,(H,18,22);5,7,10,12H,4,6H2,1-3H3,(H,18,22);5,7-8,10,12H,4,6H2,1-3H3,(H,17,21);6,8,10,12H,3-5,7H2,1-2H3,(H,17,21);4,6-7,9,11H,3,5H2,1-2H3,(H,17,21);5,7,9,11H,3-4,6H2,1-2H3,(H,16,20);3*1H4/t11-,13-;2*10-,12+;10-,12-;7?,9-,11+;9-,11-;;;/m011010.../s1. The molecule has 6 aliphatic carbocycles. The average Bonchev–Trinajstić information content (AvgIpc) is 1.60. The summed E-state index contributed by atoms with van der Waals surface area (Å²) in [4.78, 5) is 139. The number of alkyl halides is 2. The molecule has 690 valence electrons. The summed E-state index contributed by atoms with van der Waals surface area (Å²) >= 11 is 0. The zero-order chi connectivity index (χ0) is 91.5. The largest absolute Gasteiger partial charge is 0.331 e. The van der Waals surface area contributed by atoms with Gasteiger partial charge in [-0.1, -0.05) is 83.1 Å². The van der Waals surface area contributed by atoms with E-state index in [-0.39, 0.29) is 155 Å². The van der Waals surface area contributed by atoms with Crippen molar-refractivity contribution < 1.29 is 66.3 Å². The van der Waals surface area contributed by atoms with Gasteiger partial charge < -0.3 is 31.9 Å². The van der Waals surface area contributed by atoms with Crippen LogP contribution in [0.25, 0.3) is 33.4 Å². The molecule has 0 spiro atoms. The molecule has 130 heavy (non-hydrogen) atoms. The van der Waals surface area contributed by atoms with Crippen LogP contribution in [-0.2, 0) is 57.5 Å². The first-order chi connectivity index (χ1) is 60.4. The van der Waals surface area contributed by atoms with Crippen LogP contribution in [0.1, 0.15) is 325 Å². The Bertz CT molecular complexity index is 5570. The van der Waals surface area contributed by atoms with Crippen molar-refractivity contribution in [2.24, 2.45) is 47.3 Å². The zero-order valence-corrected chi connectivity index (χ0v) is 74.4. The minimum Gasteiger partial charge on any atom is -0.331 e. The molecule has 1 unspecified atom stereocenters. The molecule has 0 aromatic carbocycles. The highest BCUT2D eigenvalue weighted by Crippen LogP contribution is 2.57. The maximum absolute atomic E-state index is 14.1. The fourth-order valence-electron chi connectivity index (χ4n) is 17.9. The van der Waals surface area contributed by atoms with Crippen molar-refractivity contribution in [1.82, 2.24) is 93.1 Å². The first kappa shape index (κ1) is 99.8. The van der Waals surface area contributed by atoms with E-state index in [2.05, 4.69) is 135 Å². The Morgan fingerprint density at radius 2 is 0.585 bits per heavy atom. The van der Waals surface area contributed by atoms with Crippen molar-refractivity contribution in [2.45, 2.75) is 276 Å². The highest BCUT2D eigenvalue weighted by Gasteiger charge is 2.51. The van der Waals surface area contributed by atoms with Crippen molar-refractivity contribution in [3.05, 3.63) is 175 Å². The predicted octanol–water partition coefficient (Wildman–Crippen LogP) is 13.8. The van der Waals surface area contributed by atoms with Crippen molar-refractivity contribution in [3.8, 4) is 0 Å². The number of allylic oxidation sites excluding steroid dienone is 6. The predicted molar refractivity (Wildman–Crippen MR) is 486 cm³/mol. The minimum absolute atomic E-state index is 0. The molecule has 6 aliphatic heterocycles. The average molecular weight is 1780 g/mol. The second kappa shape index (κ2) is 42.0. The molecule has 30 nitrogen and oxygen atoms in total. The molecular weight excluding hydrogens is 1660 g/mol. The first-order valence-electron chi connectivity index (χ1n) is 43.9. The molecule has 6 fully saturated rings. The zero-order valence-electron chi connectivity index (χ0n) is 74.4. The number of Topliss-reactive ketones (excluding diaryl/α,β-unsaturated/α-hetero) is 6. The van der Waals surface area contributed by atoms with Crippen molar-refractivity contribution >= 4 is 104 Å². The first-order valence-corrected chi connectivity index (χ1v) is 43.9. The number of nitrogens with zero attached hydrogens (tertiary/aromatic N) is 12. The van der Waals surface area contributed by atoms with Crippen LogP contribution in [-0.4, -0.2) is 143 Å². The van der Waals surface area contributed by atoms with Crippen LogP contribution in [0.5, 0.6) is 0 Å². The number of nitrogens with one attached hydrogen (secondary N) is 6. The number of hydrogen-bond donors (Lipinski definition) is 6. The molecule has 18 rings (SSSR count). The minimum atomic E-state index is -1.23. The number of amides is 6. The molecular formula is C98H122F2N18O12. The highest BCUT2D eigenvalue weighted by molar-refractivity contribution is 6.30. The van der Waals surface area contributed by atoms with Gasteiger partial charge in [0.1, 0.15) is 11.8 Å². The fraction of sp³-hybridized carbons (Fsp3) is 0.510. The Labute approximate surface area is 758 Å². The Morgan fingerprint density at radius 1 is 0.338 bits per heavy atom. The number of aromatic nitrogens is 12. The van der Waals surface area contributed by atoms with Crippen molar-refractivity contribution in [2.75, 3.05) is 0 Å². The van der Waals surface area contributed by atoms with Crippen LogP contribution < -0.4 is 31.9 Å². The molecule has 6 aromatic rings. The molecule has 0 radical (unpaired) electrons. The summed E-state index contributed by atoms with van der Waals surface area (Å²) in [6.07, 6.45) is 18.0. The molecule has 6 amide bonds. The summed E-state index contributed by atoms with van der Waals surface area (Å²) in [7, 11) is 0. The summed E-state index contributed by atoms with van der Waals surface area (Å²) in [5.41, 5.74) is 16.4. The maximum Gasteiger partial charge on any atom is 0.231 e. The van der Waals surface area contributed by atoms with Gasteiger partial charge in [0.2, 0.25) is 35.4 Å². The van der Waals surface area contributed by atoms with E-state index in [1.54, 1.807) is 32.9 Å².